The number of benzene rings is 1. The van der Waals surface area contributed by atoms with Crippen LogP contribution in [0.25, 0.3) is 0 Å². The van der Waals surface area contributed by atoms with Gasteiger partial charge < -0.3 is 5.11 Å². The third kappa shape index (κ3) is 6.54. The van der Waals surface area contributed by atoms with Crippen molar-refractivity contribution in [1.29, 1.82) is 0 Å². The summed E-state index contributed by atoms with van der Waals surface area (Å²) in [5.74, 6) is 0.198. The van der Waals surface area contributed by atoms with Gasteiger partial charge in [0.1, 0.15) is 5.75 Å². The maximum Gasteiger partial charge on any atom is 0.117 e. The summed E-state index contributed by atoms with van der Waals surface area (Å²) in [6.45, 7) is 2.24. The van der Waals surface area contributed by atoms with Gasteiger partial charge in [-0.25, -0.2) is 0 Å². The molecule has 0 saturated heterocycles. The summed E-state index contributed by atoms with van der Waals surface area (Å²) < 4.78 is 0. The van der Waals surface area contributed by atoms with E-state index < -0.39 is 0 Å². The lowest BCUT2D eigenvalue weighted by molar-refractivity contribution is 0.474. The Bertz CT molecular complexity index is 377. The molecule has 0 aliphatic rings. The molecule has 0 unspecified atom stereocenters. The molecule has 1 aromatic rings. The van der Waals surface area contributed by atoms with Crippen molar-refractivity contribution in [2.75, 3.05) is 0 Å². The van der Waals surface area contributed by atoms with Crippen LogP contribution in [0.2, 0.25) is 10.0 Å². The number of halogens is 2. The molecule has 0 spiro atoms. The second-order valence-electron chi connectivity index (χ2n) is 5.13. The van der Waals surface area contributed by atoms with Crippen LogP contribution in [0.4, 0.5) is 0 Å². The average molecular weight is 303 g/mol. The van der Waals surface area contributed by atoms with Gasteiger partial charge in [-0.2, -0.15) is 0 Å². The minimum absolute atomic E-state index is 0.198. The predicted molar refractivity (Wildman–Crippen MR) is 84.4 cm³/mol. The van der Waals surface area contributed by atoms with Gasteiger partial charge in [-0.15, -0.1) is 0 Å². The van der Waals surface area contributed by atoms with E-state index in [9.17, 15) is 5.11 Å². The average Bonchev–Trinajstić information content (AvgIpc) is 2.38. The Hall–Kier alpha value is -0.400. The summed E-state index contributed by atoms with van der Waals surface area (Å²) >= 11 is 12.1. The SMILES string of the molecule is CCCCCCCCCCc1cc(O)cc(Cl)c1Cl. The summed E-state index contributed by atoms with van der Waals surface area (Å²) in [5, 5.41) is 10.5. The van der Waals surface area contributed by atoms with Crippen molar-refractivity contribution in [3.63, 3.8) is 0 Å². The Morgan fingerprint density at radius 2 is 1.47 bits per heavy atom. The number of rotatable bonds is 9. The molecule has 0 heterocycles. The number of phenols is 1. The smallest absolute Gasteiger partial charge is 0.117 e. The number of aromatic hydroxyl groups is 1. The molecule has 1 aromatic carbocycles. The summed E-state index contributed by atoms with van der Waals surface area (Å²) in [6.07, 6.45) is 11.2. The van der Waals surface area contributed by atoms with Crippen LogP contribution in [-0.4, -0.2) is 5.11 Å². The van der Waals surface area contributed by atoms with Crippen molar-refractivity contribution >= 4 is 23.2 Å². The predicted octanol–water partition coefficient (Wildman–Crippen LogP) is 6.38. The first-order valence-electron chi connectivity index (χ1n) is 7.32. The van der Waals surface area contributed by atoms with E-state index >= 15 is 0 Å². The molecular formula is C16H24Cl2O. The molecular weight excluding hydrogens is 279 g/mol. The lowest BCUT2D eigenvalue weighted by Gasteiger charge is -2.07. The Kier molecular flexibility index (Phi) is 8.32. The second kappa shape index (κ2) is 9.50. The monoisotopic (exact) mass is 302 g/mol. The van der Waals surface area contributed by atoms with Crippen LogP contribution in [0.1, 0.15) is 63.9 Å². The number of unbranched alkanes of at least 4 members (excludes halogenated alkanes) is 7. The molecule has 0 atom stereocenters. The molecule has 108 valence electrons. The topological polar surface area (TPSA) is 20.2 Å². The van der Waals surface area contributed by atoms with Gasteiger partial charge in [-0.05, 0) is 24.5 Å². The van der Waals surface area contributed by atoms with Crippen LogP contribution < -0.4 is 0 Å². The van der Waals surface area contributed by atoms with E-state index in [1.807, 2.05) is 0 Å². The molecule has 0 fully saturated rings. The number of hydrogen-bond acceptors (Lipinski definition) is 1. The molecule has 1 nitrogen and oxygen atoms in total. The van der Waals surface area contributed by atoms with Crippen LogP contribution in [0.15, 0.2) is 12.1 Å². The molecule has 0 radical (unpaired) electrons. The highest BCUT2D eigenvalue weighted by Gasteiger charge is 2.07. The van der Waals surface area contributed by atoms with Crippen molar-refractivity contribution in [2.24, 2.45) is 0 Å². The Morgan fingerprint density at radius 1 is 0.895 bits per heavy atom. The normalized spacial score (nSPS) is 10.9. The molecule has 1 rings (SSSR count). The van der Waals surface area contributed by atoms with Crippen molar-refractivity contribution in [1.82, 2.24) is 0 Å². The van der Waals surface area contributed by atoms with Crippen LogP contribution in [0.5, 0.6) is 5.75 Å². The minimum Gasteiger partial charge on any atom is -0.508 e. The highest BCUT2D eigenvalue weighted by molar-refractivity contribution is 6.42. The van der Waals surface area contributed by atoms with Gasteiger partial charge in [0.05, 0.1) is 10.0 Å². The maximum absolute atomic E-state index is 9.50. The van der Waals surface area contributed by atoms with Crippen LogP contribution in [0.3, 0.4) is 0 Å². The highest BCUT2D eigenvalue weighted by atomic mass is 35.5. The van der Waals surface area contributed by atoms with Crippen molar-refractivity contribution in [3.8, 4) is 5.75 Å². The molecule has 19 heavy (non-hydrogen) atoms. The van der Waals surface area contributed by atoms with Crippen LogP contribution >= 0.6 is 23.2 Å². The first kappa shape index (κ1) is 16.7. The summed E-state index contributed by atoms with van der Waals surface area (Å²) in [7, 11) is 0. The van der Waals surface area contributed by atoms with Crippen molar-refractivity contribution < 1.29 is 5.11 Å². The van der Waals surface area contributed by atoms with E-state index in [0.29, 0.717) is 10.0 Å². The van der Waals surface area contributed by atoms with E-state index in [1.54, 1.807) is 6.07 Å². The summed E-state index contributed by atoms with van der Waals surface area (Å²) in [5.41, 5.74) is 0.956. The second-order valence-corrected chi connectivity index (χ2v) is 5.91. The largest absolute Gasteiger partial charge is 0.508 e. The molecule has 3 heteroatoms. The van der Waals surface area contributed by atoms with E-state index in [-0.39, 0.29) is 5.75 Å². The molecule has 0 amide bonds. The fraction of sp³-hybridized carbons (Fsp3) is 0.625. The van der Waals surface area contributed by atoms with E-state index in [4.69, 9.17) is 23.2 Å². The fourth-order valence-electron chi connectivity index (χ4n) is 2.26. The van der Waals surface area contributed by atoms with Gasteiger partial charge in [0, 0.05) is 6.07 Å². The van der Waals surface area contributed by atoms with Crippen LogP contribution in [0, 0.1) is 0 Å². The van der Waals surface area contributed by atoms with Gasteiger partial charge >= 0.3 is 0 Å². The van der Waals surface area contributed by atoms with Gasteiger partial charge in [0.25, 0.3) is 0 Å². The zero-order chi connectivity index (χ0) is 14.1. The molecule has 0 aromatic heterocycles. The van der Waals surface area contributed by atoms with Gasteiger partial charge in [0.15, 0.2) is 0 Å². The molecule has 0 saturated carbocycles. The molecule has 1 N–H and O–H groups in total. The number of phenolic OH excluding ortho intramolecular Hbond substituents is 1. The fourth-order valence-corrected chi connectivity index (χ4v) is 2.70. The standard InChI is InChI=1S/C16H24Cl2O/c1-2-3-4-5-6-7-8-9-10-13-11-14(19)12-15(17)16(13)18/h11-12,19H,2-10H2,1H3. The third-order valence-corrected chi connectivity index (χ3v) is 4.23. The number of aryl methyl sites for hydroxylation is 1. The van der Waals surface area contributed by atoms with Gasteiger partial charge in [-0.3, -0.25) is 0 Å². The van der Waals surface area contributed by atoms with Crippen molar-refractivity contribution in [3.05, 3.63) is 27.7 Å². The van der Waals surface area contributed by atoms with Crippen molar-refractivity contribution in [2.45, 2.75) is 64.7 Å². The quantitative estimate of drug-likeness (QED) is 0.525. The molecule has 0 aliphatic carbocycles. The zero-order valence-electron chi connectivity index (χ0n) is 11.7. The lowest BCUT2D eigenvalue weighted by Crippen LogP contribution is -1.89. The van der Waals surface area contributed by atoms with E-state index in [1.165, 1.54) is 51.0 Å². The Balaban J connectivity index is 2.19. The van der Waals surface area contributed by atoms with E-state index in [2.05, 4.69) is 6.92 Å². The highest BCUT2D eigenvalue weighted by Crippen LogP contribution is 2.31. The molecule has 0 aliphatic heterocycles. The summed E-state index contributed by atoms with van der Waals surface area (Å²) in [4.78, 5) is 0. The maximum atomic E-state index is 9.50. The summed E-state index contributed by atoms with van der Waals surface area (Å²) in [6, 6.07) is 3.20. The third-order valence-electron chi connectivity index (χ3n) is 3.39. The lowest BCUT2D eigenvalue weighted by atomic mass is 10.0. The van der Waals surface area contributed by atoms with Crippen LogP contribution in [-0.2, 0) is 6.42 Å². The Labute approximate surface area is 126 Å². The minimum atomic E-state index is 0.198. The number of hydrogen-bond donors (Lipinski definition) is 1. The Morgan fingerprint density at radius 3 is 2.11 bits per heavy atom. The first-order chi connectivity index (χ1) is 9.15. The van der Waals surface area contributed by atoms with Gasteiger partial charge in [-0.1, -0.05) is 75.1 Å². The van der Waals surface area contributed by atoms with Gasteiger partial charge in [0.2, 0.25) is 0 Å². The van der Waals surface area contributed by atoms with E-state index in [0.717, 1.165) is 18.4 Å². The first-order valence-corrected chi connectivity index (χ1v) is 8.07. The molecule has 0 bridgehead atoms. The zero-order valence-corrected chi connectivity index (χ0v) is 13.2.